The zero-order valence-electron chi connectivity index (χ0n) is 13.9. The second-order valence-corrected chi connectivity index (χ2v) is 7.10. The summed E-state index contributed by atoms with van der Waals surface area (Å²) in [5.74, 6) is -0.0309. The number of hydrogen-bond acceptors (Lipinski definition) is 7. The SMILES string of the molecule is Cc1ccc2c(N)c(C(=O)Nc3c[n+](N4CCCCC4)no3)sc2n1. The van der Waals surface area contributed by atoms with Crippen LogP contribution < -0.4 is 20.9 Å². The van der Waals surface area contributed by atoms with Crippen molar-refractivity contribution in [3.8, 4) is 0 Å². The van der Waals surface area contributed by atoms with Gasteiger partial charge in [-0.2, -0.15) is 5.01 Å². The van der Waals surface area contributed by atoms with Gasteiger partial charge in [-0.25, -0.2) is 4.98 Å². The van der Waals surface area contributed by atoms with Crippen LogP contribution in [0.1, 0.15) is 34.6 Å². The molecule has 130 valence electrons. The number of anilines is 2. The fourth-order valence-corrected chi connectivity index (χ4v) is 3.97. The Morgan fingerprint density at radius 1 is 1.36 bits per heavy atom. The largest absolute Gasteiger partial charge is 0.397 e. The Morgan fingerprint density at radius 2 is 2.16 bits per heavy atom. The number of piperidine rings is 1. The molecule has 0 aromatic carbocycles. The number of fused-ring (bicyclic) bond motifs is 1. The first kappa shape index (κ1) is 15.8. The van der Waals surface area contributed by atoms with E-state index in [0.29, 0.717) is 10.6 Å². The number of aryl methyl sites for hydroxylation is 1. The highest BCUT2D eigenvalue weighted by Gasteiger charge is 2.25. The first-order chi connectivity index (χ1) is 12.1. The van der Waals surface area contributed by atoms with Crippen molar-refractivity contribution in [2.45, 2.75) is 26.2 Å². The lowest BCUT2D eigenvalue weighted by atomic mass is 10.2. The highest BCUT2D eigenvalue weighted by molar-refractivity contribution is 7.21. The average molecular weight is 359 g/mol. The van der Waals surface area contributed by atoms with Gasteiger partial charge in [-0.15, -0.1) is 11.3 Å². The van der Waals surface area contributed by atoms with Crippen molar-refractivity contribution < 1.29 is 14.1 Å². The highest BCUT2D eigenvalue weighted by Crippen LogP contribution is 2.32. The molecule has 1 aliphatic heterocycles. The van der Waals surface area contributed by atoms with E-state index in [1.807, 2.05) is 19.1 Å². The number of carbonyl (C=O) groups excluding carboxylic acids is 1. The summed E-state index contributed by atoms with van der Waals surface area (Å²) in [5, 5.41) is 9.58. The fourth-order valence-electron chi connectivity index (χ4n) is 2.94. The lowest BCUT2D eigenvalue weighted by Crippen LogP contribution is -2.60. The molecule has 0 saturated carbocycles. The van der Waals surface area contributed by atoms with Crippen molar-refractivity contribution in [1.82, 2.24) is 10.3 Å². The summed E-state index contributed by atoms with van der Waals surface area (Å²) in [5.41, 5.74) is 7.44. The zero-order chi connectivity index (χ0) is 17.4. The molecule has 1 fully saturated rings. The summed E-state index contributed by atoms with van der Waals surface area (Å²) in [7, 11) is 0. The first-order valence-electron chi connectivity index (χ1n) is 8.22. The third-order valence-electron chi connectivity index (χ3n) is 4.25. The molecular formula is C16H19N6O2S+. The molecule has 4 heterocycles. The van der Waals surface area contributed by atoms with Crippen LogP contribution in [0.5, 0.6) is 0 Å². The van der Waals surface area contributed by atoms with Gasteiger partial charge in [0.2, 0.25) is 5.27 Å². The molecule has 3 N–H and O–H groups in total. The summed E-state index contributed by atoms with van der Waals surface area (Å²) < 4.78 is 5.23. The average Bonchev–Trinajstić information content (AvgIpc) is 3.20. The Balaban J connectivity index is 1.54. The number of hydrogen-bond donors (Lipinski definition) is 2. The summed E-state index contributed by atoms with van der Waals surface area (Å²) >= 11 is 1.27. The van der Waals surface area contributed by atoms with Crippen LogP contribution in [0, 0.1) is 6.92 Å². The van der Waals surface area contributed by atoms with Crippen LogP contribution in [0.25, 0.3) is 10.2 Å². The maximum absolute atomic E-state index is 12.6. The van der Waals surface area contributed by atoms with E-state index in [2.05, 4.69) is 20.6 Å². The maximum Gasteiger partial charge on any atom is 0.306 e. The first-order valence-corrected chi connectivity index (χ1v) is 9.04. The van der Waals surface area contributed by atoms with Crippen LogP contribution >= 0.6 is 11.3 Å². The minimum atomic E-state index is -0.319. The smallest absolute Gasteiger partial charge is 0.306 e. The number of nitrogens with two attached hydrogens (primary N) is 1. The van der Waals surface area contributed by atoms with Crippen LogP contribution in [0.15, 0.2) is 22.9 Å². The van der Waals surface area contributed by atoms with E-state index >= 15 is 0 Å². The van der Waals surface area contributed by atoms with E-state index in [-0.39, 0.29) is 11.8 Å². The molecule has 0 unspecified atom stereocenters. The standard InChI is InChI=1S/C16H18N6O2S/c1-10-5-6-11-13(17)14(25-16(11)18-10)15(23)19-12-9-22(20-24-12)21-7-3-2-4-8-21/h5-6,9H,2-4,7-8H2,1H3,(H2-,17,19,20,23)/p+1. The zero-order valence-corrected chi connectivity index (χ0v) is 14.7. The van der Waals surface area contributed by atoms with Gasteiger partial charge in [-0.3, -0.25) is 14.6 Å². The van der Waals surface area contributed by atoms with Gasteiger partial charge in [0.15, 0.2) is 0 Å². The molecule has 25 heavy (non-hydrogen) atoms. The van der Waals surface area contributed by atoms with Gasteiger partial charge in [0.05, 0.1) is 23.6 Å². The van der Waals surface area contributed by atoms with E-state index in [0.717, 1.165) is 41.8 Å². The van der Waals surface area contributed by atoms with Crippen LogP contribution in [-0.2, 0) is 0 Å². The van der Waals surface area contributed by atoms with Gasteiger partial charge >= 0.3 is 5.88 Å². The summed E-state index contributed by atoms with van der Waals surface area (Å²) in [6, 6.07) is 3.77. The second-order valence-electron chi connectivity index (χ2n) is 6.11. The minimum Gasteiger partial charge on any atom is -0.397 e. The van der Waals surface area contributed by atoms with Crippen LogP contribution in [0.3, 0.4) is 0 Å². The second kappa shape index (κ2) is 6.32. The van der Waals surface area contributed by atoms with E-state index < -0.39 is 0 Å². The molecule has 0 spiro atoms. The number of pyridine rings is 1. The van der Waals surface area contributed by atoms with Crippen molar-refractivity contribution in [2.75, 3.05) is 29.1 Å². The number of carbonyl (C=O) groups is 1. The van der Waals surface area contributed by atoms with E-state index in [1.165, 1.54) is 17.8 Å². The molecule has 9 heteroatoms. The third-order valence-corrected chi connectivity index (χ3v) is 5.37. The summed E-state index contributed by atoms with van der Waals surface area (Å²) in [4.78, 5) is 19.8. The van der Waals surface area contributed by atoms with Crippen molar-refractivity contribution in [2.24, 2.45) is 0 Å². The minimum absolute atomic E-state index is 0.288. The number of aromatic nitrogens is 3. The van der Waals surface area contributed by atoms with E-state index in [4.69, 9.17) is 10.3 Å². The predicted octanol–water partition coefficient (Wildman–Crippen LogP) is 1.84. The Hall–Kier alpha value is -2.68. The van der Waals surface area contributed by atoms with Crippen molar-refractivity contribution in [3.63, 3.8) is 0 Å². The molecule has 0 bridgehead atoms. The molecule has 3 aromatic rings. The van der Waals surface area contributed by atoms with Gasteiger partial charge in [0, 0.05) is 11.1 Å². The Kier molecular flexibility index (Phi) is 4.00. The molecule has 1 aliphatic rings. The molecule has 0 aliphatic carbocycles. The molecule has 0 radical (unpaired) electrons. The Bertz CT molecular complexity index is 928. The molecular weight excluding hydrogens is 340 g/mol. The van der Waals surface area contributed by atoms with Crippen LogP contribution in [0.4, 0.5) is 11.6 Å². The normalized spacial score (nSPS) is 14.8. The molecule has 8 nitrogen and oxygen atoms in total. The van der Waals surface area contributed by atoms with Crippen molar-refractivity contribution in [1.29, 1.82) is 0 Å². The third kappa shape index (κ3) is 3.02. The molecule has 3 aromatic heterocycles. The van der Waals surface area contributed by atoms with Gasteiger partial charge < -0.3 is 5.73 Å². The van der Waals surface area contributed by atoms with Gasteiger partial charge in [-0.1, -0.05) is 0 Å². The maximum atomic E-state index is 12.6. The van der Waals surface area contributed by atoms with Gasteiger partial charge in [0.1, 0.15) is 9.71 Å². The molecule has 1 amide bonds. The topological polar surface area (TPSA) is 101 Å². The monoisotopic (exact) mass is 359 g/mol. The van der Waals surface area contributed by atoms with Crippen LogP contribution in [0.2, 0.25) is 0 Å². The number of thiophene rings is 1. The lowest BCUT2D eigenvalue weighted by molar-refractivity contribution is -0.759. The number of nitrogens with one attached hydrogen (secondary N) is 1. The van der Waals surface area contributed by atoms with E-state index in [9.17, 15) is 4.79 Å². The van der Waals surface area contributed by atoms with E-state index in [1.54, 1.807) is 11.0 Å². The van der Waals surface area contributed by atoms with Crippen molar-refractivity contribution in [3.05, 3.63) is 28.9 Å². The number of nitrogens with zero attached hydrogens (tertiary/aromatic N) is 4. The van der Waals surface area contributed by atoms with Gasteiger partial charge in [-0.05, 0) is 38.3 Å². The molecule has 0 atom stereocenters. The Morgan fingerprint density at radius 3 is 2.96 bits per heavy atom. The number of amides is 1. The number of nitrogen functional groups attached to an aromatic ring is 1. The van der Waals surface area contributed by atoms with Crippen LogP contribution in [-0.4, -0.2) is 29.3 Å². The lowest BCUT2D eigenvalue weighted by Gasteiger charge is -2.17. The summed E-state index contributed by atoms with van der Waals surface area (Å²) in [6.45, 7) is 3.76. The quantitative estimate of drug-likeness (QED) is 0.692. The molecule has 4 rings (SSSR count). The Labute approximate surface area is 148 Å². The van der Waals surface area contributed by atoms with Crippen molar-refractivity contribution >= 4 is 39.0 Å². The highest BCUT2D eigenvalue weighted by atomic mass is 32.1. The van der Waals surface area contributed by atoms with Gasteiger partial charge in [0.25, 0.3) is 12.1 Å². The summed E-state index contributed by atoms with van der Waals surface area (Å²) in [6.07, 6.45) is 5.17. The number of rotatable bonds is 3. The predicted molar refractivity (Wildman–Crippen MR) is 95.2 cm³/mol. The fraction of sp³-hybridized carbons (Fsp3) is 0.375. The molecule has 1 saturated heterocycles.